The Morgan fingerprint density at radius 2 is 2.06 bits per heavy atom. The molecule has 1 saturated carbocycles. The van der Waals surface area contributed by atoms with E-state index in [2.05, 4.69) is 5.32 Å². The molecule has 4 heteroatoms. The van der Waals surface area contributed by atoms with E-state index in [0.29, 0.717) is 19.1 Å². The van der Waals surface area contributed by atoms with Gasteiger partial charge in [0.05, 0.1) is 6.61 Å². The van der Waals surface area contributed by atoms with Gasteiger partial charge >= 0.3 is 6.03 Å². The van der Waals surface area contributed by atoms with Gasteiger partial charge in [0.2, 0.25) is 0 Å². The number of hydrogen-bond donors (Lipinski definition) is 2. The van der Waals surface area contributed by atoms with Crippen LogP contribution >= 0.6 is 0 Å². The van der Waals surface area contributed by atoms with Crippen molar-refractivity contribution in [2.24, 2.45) is 0 Å². The number of aliphatic hydroxyl groups excluding tert-OH is 1. The molecule has 2 rings (SSSR count). The van der Waals surface area contributed by atoms with E-state index in [1.54, 1.807) is 4.90 Å². The Morgan fingerprint density at radius 3 is 2.65 bits per heavy atom. The highest BCUT2D eigenvalue weighted by Gasteiger charge is 2.25. The summed E-state index contributed by atoms with van der Waals surface area (Å²) < 4.78 is 0. The van der Waals surface area contributed by atoms with Gasteiger partial charge in [-0.2, -0.15) is 0 Å². The number of amides is 2. The summed E-state index contributed by atoms with van der Waals surface area (Å²) in [6.07, 6.45) is 2.15. The maximum Gasteiger partial charge on any atom is 0.317 e. The largest absolute Gasteiger partial charge is 0.395 e. The van der Waals surface area contributed by atoms with Crippen molar-refractivity contribution in [1.82, 2.24) is 10.2 Å². The van der Waals surface area contributed by atoms with Gasteiger partial charge in [0.15, 0.2) is 0 Å². The molecule has 0 unspecified atom stereocenters. The van der Waals surface area contributed by atoms with Crippen molar-refractivity contribution in [3.05, 3.63) is 35.9 Å². The van der Waals surface area contributed by atoms with Gasteiger partial charge in [-0.1, -0.05) is 30.3 Å². The lowest BCUT2D eigenvalue weighted by molar-refractivity contribution is 0.173. The molecule has 0 aliphatic heterocycles. The number of nitrogens with one attached hydrogen (secondary N) is 1. The van der Waals surface area contributed by atoms with Crippen molar-refractivity contribution in [2.45, 2.75) is 25.4 Å². The van der Waals surface area contributed by atoms with Crippen LogP contribution in [0.3, 0.4) is 0 Å². The van der Waals surface area contributed by atoms with E-state index in [1.165, 1.54) is 0 Å². The Hall–Kier alpha value is -1.55. The first-order chi connectivity index (χ1) is 8.29. The molecule has 1 aromatic rings. The van der Waals surface area contributed by atoms with E-state index >= 15 is 0 Å². The third-order valence-electron chi connectivity index (χ3n) is 2.78. The first-order valence-corrected chi connectivity index (χ1v) is 6.00. The van der Waals surface area contributed by atoms with Crippen LogP contribution < -0.4 is 5.32 Å². The molecule has 17 heavy (non-hydrogen) atoms. The summed E-state index contributed by atoms with van der Waals surface area (Å²) in [6.45, 7) is 0.901. The first-order valence-electron chi connectivity index (χ1n) is 6.00. The minimum atomic E-state index is -0.0783. The molecule has 0 saturated heterocycles. The molecule has 0 radical (unpaired) electrons. The minimum absolute atomic E-state index is 0.00901. The highest BCUT2D eigenvalue weighted by Crippen LogP contribution is 2.19. The van der Waals surface area contributed by atoms with Crippen LogP contribution in [-0.4, -0.2) is 35.2 Å². The summed E-state index contributed by atoms with van der Waals surface area (Å²) in [6, 6.07) is 10.1. The number of benzene rings is 1. The smallest absolute Gasteiger partial charge is 0.317 e. The molecule has 2 amide bonds. The number of carbonyl (C=O) groups is 1. The van der Waals surface area contributed by atoms with Crippen LogP contribution in [0.15, 0.2) is 30.3 Å². The summed E-state index contributed by atoms with van der Waals surface area (Å²) in [7, 11) is 0. The van der Waals surface area contributed by atoms with Crippen molar-refractivity contribution in [3.8, 4) is 0 Å². The number of carbonyl (C=O) groups excluding carboxylic acids is 1. The SMILES string of the molecule is O=C(NC1CC1)N(CCO)Cc1ccccc1. The summed E-state index contributed by atoms with van der Waals surface area (Å²) >= 11 is 0. The topological polar surface area (TPSA) is 52.6 Å². The van der Waals surface area contributed by atoms with Crippen molar-refractivity contribution >= 4 is 6.03 Å². The van der Waals surface area contributed by atoms with E-state index in [-0.39, 0.29) is 12.6 Å². The van der Waals surface area contributed by atoms with Crippen LogP contribution in [0.25, 0.3) is 0 Å². The quantitative estimate of drug-likeness (QED) is 0.808. The Bertz CT molecular complexity index is 363. The van der Waals surface area contributed by atoms with Gasteiger partial charge in [-0.3, -0.25) is 0 Å². The third kappa shape index (κ3) is 3.75. The summed E-state index contributed by atoms with van der Waals surface area (Å²) in [5, 5.41) is 11.9. The van der Waals surface area contributed by atoms with Crippen LogP contribution in [0.5, 0.6) is 0 Å². The number of urea groups is 1. The Labute approximate surface area is 101 Å². The van der Waals surface area contributed by atoms with Gasteiger partial charge < -0.3 is 15.3 Å². The standard InChI is InChI=1S/C13H18N2O2/c16-9-8-15(13(17)14-12-6-7-12)10-11-4-2-1-3-5-11/h1-5,12,16H,6-10H2,(H,14,17). The molecular formula is C13H18N2O2. The zero-order valence-corrected chi connectivity index (χ0v) is 9.80. The number of rotatable bonds is 5. The highest BCUT2D eigenvalue weighted by atomic mass is 16.3. The van der Waals surface area contributed by atoms with Gasteiger partial charge in [0, 0.05) is 19.1 Å². The predicted octanol–water partition coefficient (Wildman–Crippen LogP) is 1.35. The summed E-state index contributed by atoms with van der Waals surface area (Å²) in [5.41, 5.74) is 1.08. The normalized spacial score (nSPS) is 14.4. The lowest BCUT2D eigenvalue weighted by Crippen LogP contribution is -2.41. The number of hydrogen-bond acceptors (Lipinski definition) is 2. The molecular weight excluding hydrogens is 216 g/mol. The van der Waals surface area contributed by atoms with Gasteiger partial charge in [-0.05, 0) is 18.4 Å². The van der Waals surface area contributed by atoms with Gasteiger partial charge in [-0.15, -0.1) is 0 Å². The van der Waals surface area contributed by atoms with Crippen molar-refractivity contribution in [1.29, 1.82) is 0 Å². The fraction of sp³-hybridized carbons (Fsp3) is 0.462. The zero-order chi connectivity index (χ0) is 12.1. The van der Waals surface area contributed by atoms with Crippen LogP contribution in [-0.2, 0) is 6.54 Å². The fourth-order valence-corrected chi connectivity index (χ4v) is 1.67. The molecule has 1 aliphatic rings. The minimum Gasteiger partial charge on any atom is -0.395 e. The Morgan fingerprint density at radius 1 is 1.35 bits per heavy atom. The van der Waals surface area contributed by atoms with Crippen molar-refractivity contribution in [3.63, 3.8) is 0 Å². The van der Waals surface area contributed by atoms with E-state index in [9.17, 15) is 4.79 Å². The van der Waals surface area contributed by atoms with E-state index in [0.717, 1.165) is 18.4 Å². The average Bonchev–Trinajstić information content (AvgIpc) is 3.14. The molecule has 1 aliphatic carbocycles. The molecule has 2 N–H and O–H groups in total. The summed E-state index contributed by atoms with van der Waals surface area (Å²) in [5.74, 6) is 0. The number of aliphatic hydroxyl groups is 1. The molecule has 0 aromatic heterocycles. The van der Waals surface area contributed by atoms with E-state index in [1.807, 2.05) is 30.3 Å². The summed E-state index contributed by atoms with van der Waals surface area (Å²) in [4.78, 5) is 13.5. The van der Waals surface area contributed by atoms with Crippen molar-refractivity contribution < 1.29 is 9.90 Å². The van der Waals surface area contributed by atoms with Crippen LogP contribution in [0.1, 0.15) is 18.4 Å². The van der Waals surface area contributed by atoms with E-state index in [4.69, 9.17) is 5.11 Å². The van der Waals surface area contributed by atoms with Crippen LogP contribution in [0, 0.1) is 0 Å². The zero-order valence-electron chi connectivity index (χ0n) is 9.80. The second kappa shape index (κ2) is 5.68. The van der Waals surface area contributed by atoms with Crippen LogP contribution in [0.4, 0.5) is 4.79 Å². The molecule has 92 valence electrons. The maximum absolute atomic E-state index is 11.9. The maximum atomic E-state index is 11.9. The Kier molecular flexibility index (Phi) is 3.98. The predicted molar refractivity (Wildman–Crippen MR) is 65.5 cm³/mol. The first kappa shape index (κ1) is 11.9. The van der Waals surface area contributed by atoms with Crippen LogP contribution in [0.2, 0.25) is 0 Å². The fourth-order valence-electron chi connectivity index (χ4n) is 1.67. The number of nitrogens with zero attached hydrogens (tertiary/aromatic N) is 1. The molecule has 4 nitrogen and oxygen atoms in total. The molecule has 0 spiro atoms. The molecule has 0 atom stereocenters. The van der Waals surface area contributed by atoms with Crippen molar-refractivity contribution in [2.75, 3.05) is 13.2 Å². The van der Waals surface area contributed by atoms with Gasteiger partial charge in [0.1, 0.15) is 0 Å². The van der Waals surface area contributed by atoms with Gasteiger partial charge in [-0.25, -0.2) is 4.79 Å². The Balaban J connectivity index is 1.93. The second-order valence-corrected chi connectivity index (χ2v) is 4.35. The third-order valence-corrected chi connectivity index (χ3v) is 2.78. The lowest BCUT2D eigenvalue weighted by Gasteiger charge is -2.22. The second-order valence-electron chi connectivity index (χ2n) is 4.35. The molecule has 0 heterocycles. The monoisotopic (exact) mass is 234 g/mol. The highest BCUT2D eigenvalue weighted by molar-refractivity contribution is 5.74. The molecule has 1 aromatic carbocycles. The molecule has 1 fully saturated rings. The van der Waals surface area contributed by atoms with E-state index < -0.39 is 0 Å². The van der Waals surface area contributed by atoms with Gasteiger partial charge in [0.25, 0.3) is 0 Å². The average molecular weight is 234 g/mol. The molecule has 0 bridgehead atoms. The lowest BCUT2D eigenvalue weighted by atomic mass is 10.2.